The number of nitrogens with one attached hydrogen (secondary N) is 1. The molecule has 19 heavy (non-hydrogen) atoms. The molecule has 104 valence electrons. The lowest BCUT2D eigenvalue weighted by Crippen LogP contribution is -2.44. The maximum absolute atomic E-state index is 12.0. The van der Waals surface area contributed by atoms with Gasteiger partial charge in [-0.25, -0.2) is 0 Å². The Bertz CT molecular complexity index is 465. The van der Waals surface area contributed by atoms with E-state index in [0.717, 1.165) is 28.8 Å². The van der Waals surface area contributed by atoms with Crippen LogP contribution < -0.4 is 5.32 Å². The molecule has 1 unspecified atom stereocenters. The first-order valence-corrected chi connectivity index (χ1v) is 7.24. The number of anilines is 1. The third-order valence-electron chi connectivity index (χ3n) is 3.13. The van der Waals surface area contributed by atoms with Crippen molar-refractivity contribution in [1.29, 1.82) is 0 Å². The summed E-state index contributed by atoms with van der Waals surface area (Å²) >= 11 is 3.45. The van der Waals surface area contributed by atoms with Gasteiger partial charge < -0.3 is 10.1 Å². The van der Waals surface area contributed by atoms with Gasteiger partial charge in [-0.3, -0.25) is 9.69 Å². The fourth-order valence-corrected chi connectivity index (χ4v) is 2.41. The molecule has 5 heteroatoms. The number of ether oxygens (including phenoxy) is 1. The molecule has 1 aromatic rings. The van der Waals surface area contributed by atoms with E-state index in [0.29, 0.717) is 13.2 Å². The van der Waals surface area contributed by atoms with Gasteiger partial charge in [0.05, 0.1) is 19.3 Å². The van der Waals surface area contributed by atoms with Crippen LogP contribution in [0.25, 0.3) is 0 Å². The highest BCUT2D eigenvalue weighted by Gasteiger charge is 2.18. The summed E-state index contributed by atoms with van der Waals surface area (Å²) < 4.78 is 6.51. The third-order valence-corrected chi connectivity index (χ3v) is 4.02. The molecular weight excluding hydrogens is 308 g/mol. The van der Waals surface area contributed by atoms with Gasteiger partial charge in [-0.05, 0) is 37.6 Å². The minimum Gasteiger partial charge on any atom is -0.376 e. The smallest absolute Gasteiger partial charge is 0.238 e. The number of benzene rings is 1. The van der Waals surface area contributed by atoms with Gasteiger partial charge in [0.25, 0.3) is 0 Å². The van der Waals surface area contributed by atoms with Gasteiger partial charge in [0, 0.05) is 23.2 Å². The van der Waals surface area contributed by atoms with E-state index in [4.69, 9.17) is 4.74 Å². The standard InChI is InChI=1S/C14H19BrN2O2/c1-10-7-12(3-4-13(10)15)16-14(18)9-17-5-6-19-11(2)8-17/h3-4,7,11H,5-6,8-9H2,1-2H3,(H,16,18). The summed E-state index contributed by atoms with van der Waals surface area (Å²) in [5, 5.41) is 2.93. The van der Waals surface area contributed by atoms with Crippen molar-refractivity contribution < 1.29 is 9.53 Å². The number of amides is 1. The van der Waals surface area contributed by atoms with Crippen molar-refractivity contribution in [3.05, 3.63) is 28.2 Å². The molecule has 1 amide bonds. The lowest BCUT2D eigenvalue weighted by Gasteiger charge is -2.30. The number of hydrogen-bond donors (Lipinski definition) is 1. The molecule has 1 fully saturated rings. The van der Waals surface area contributed by atoms with E-state index >= 15 is 0 Å². The average Bonchev–Trinajstić information content (AvgIpc) is 2.34. The number of carbonyl (C=O) groups excluding carboxylic acids is 1. The van der Waals surface area contributed by atoms with Crippen LogP contribution in [0.1, 0.15) is 12.5 Å². The van der Waals surface area contributed by atoms with Crippen LogP contribution in [-0.2, 0) is 9.53 Å². The Hall–Kier alpha value is -0.910. The molecule has 0 spiro atoms. The monoisotopic (exact) mass is 326 g/mol. The first-order valence-electron chi connectivity index (χ1n) is 6.44. The quantitative estimate of drug-likeness (QED) is 0.927. The topological polar surface area (TPSA) is 41.6 Å². The van der Waals surface area contributed by atoms with E-state index in [1.807, 2.05) is 32.0 Å². The molecule has 1 aliphatic heterocycles. The molecule has 0 saturated carbocycles. The Labute approximate surface area is 122 Å². The summed E-state index contributed by atoms with van der Waals surface area (Å²) in [6.45, 7) is 6.78. The van der Waals surface area contributed by atoms with Crippen LogP contribution in [-0.4, -0.2) is 43.2 Å². The second-order valence-corrected chi connectivity index (χ2v) is 5.78. The molecule has 0 aliphatic carbocycles. The Morgan fingerprint density at radius 3 is 3.05 bits per heavy atom. The predicted molar refractivity (Wildman–Crippen MR) is 79.4 cm³/mol. The Kier molecular flexibility index (Phi) is 4.96. The summed E-state index contributed by atoms with van der Waals surface area (Å²) in [5.74, 6) is 0.0239. The first kappa shape index (κ1) is 14.5. The van der Waals surface area contributed by atoms with Gasteiger partial charge in [0.1, 0.15) is 0 Å². The molecule has 1 aromatic carbocycles. The average molecular weight is 327 g/mol. The highest BCUT2D eigenvalue weighted by Crippen LogP contribution is 2.20. The van der Waals surface area contributed by atoms with Crippen LogP contribution in [0.5, 0.6) is 0 Å². The zero-order valence-electron chi connectivity index (χ0n) is 11.3. The molecule has 1 heterocycles. The summed E-state index contributed by atoms with van der Waals surface area (Å²) in [6.07, 6.45) is 0.205. The molecule has 0 radical (unpaired) electrons. The van der Waals surface area contributed by atoms with Crippen molar-refractivity contribution in [1.82, 2.24) is 4.90 Å². The lowest BCUT2D eigenvalue weighted by atomic mass is 10.2. The van der Waals surface area contributed by atoms with Gasteiger partial charge in [-0.15, -0.1) is 0 Å². The number of hydrogen-bond acceptors (Lipinski definition) is 3. The van der Waals surface area contributed by atoms with Crippen LogP contribution in [0.2, 0.25) is 0 Å². The van der Waals surface area contributed by atoms with E-state index < -0.39 is 0 Å². The molecule has 0 bridgehead atoms. The van der Waals surface area contributed by atoms with Crippen molar-refractivity contribution in [3.8, 4) is 0 Å². The van der Waals surface area contributed by atoms with Crippen molar-refractivity contribution in [2.24, 2.45) is 0 Å². The molecule has 2 rings (SSSR count). The van der Waals surface area contributed by atoms with E-state index in [1.54, 1.807) is 0 Å². The normalized spacial score (nSPS) is 20.3. The fourth-order valence-electron chi connectivity index (χ4n) is 2.16. The molecule has 1 saturated heterocycles. The van der Waals surface area contributed by atoms with Crippen molar-refractivity contribution in [3.63, 3.8) is 0 Å². The summed E-state index contributed by atoms with van der Waals surface area (Å²) in [6, 6.07) is 5.81. The van der Waals surface area contributed by atoms with E-state index in [1.165, 1.54) is 0 Å². The Morgan fingerprint density at radius 2 is 2.37 bits per heavy atom. The van der Waals surface area contributed by atoms with Crippen LogP contribution >= 0.6 is 15.9 Å². The number of morpholine rings is 1. The second kappa shape index (κ2) is 6.50. The largest absolute Gasteiger partial charge is 0.376 e. The minimum atomic E-state index is 0.0239. The van der Waals surface area contributed by atoms with Gasteiger partial charge in [0.15, 0.2) is 0 Å². The molecular formula is C14H19BrN2O2. The van der Waals surface area contributed by atoms with Crippen molar-refractivity contribution in [2.45, 2.75) is 20.0 Å². The maximum Gasteiger partial charge on any atom is 0.238 e. The van der Waals surface area contributed by atoms with E-state index in [2.05, 4.69) is 26.1 Å². The fraction of sp³-hybridized carbons (Fsp3) is 0.500. The number of nitrogens with zero attached hydrogens (tertiary/aromatic N) is 1. The van der Waals surface area contributed by atoms with E-state index in [9.17, 15) is 4.79 Å². The second-order valence-electron chi connectivity index (χ2n) is 4.93. The van der Waals surface area contributed by atoms with Gasteiger partial charge in [-0.2, -0.15) is 0 Å². The van der Waals surface area contributed by atoms with Gasteiger partial charge in [0.2, 0.25) is 5.91 Å². The van der Waals surface area contributed by atoms with Crippen LogP contribution in [0, 0.1) is 6.92 Å². The number of carbonyl (C=O) groups is 1. The third kappa shape index (κ3) is 4.30. The van der Waals surface area contributed by atoms with Crippen LogP contribution in [0.15, 0.2) is 22.7 Å². The molecule has 0 aromatic heterocycles. The molecule has 1 aliphatic rings. The summed E-state index contributed by atoms with van der Waals surface area (Å²) in [4.78, 5) is 14.1. The zero-order chi connectivity index (χ0) is 13.8. The molecule has 4 nitrogen and oxygen atoms in total. The molecule has 1 N–H and O–H groups in total. The number of halogens is 1. The Morgan fingerprint density at radius 1 is 1.58 bits per heavy atom. The van der Waals surface area contributed by atoms with Crippen molar-refractivity contribution in [2.75, 3.05) is 31.6 Å². The van der Waals surface area contributed by atoms with Gasteiger partial charge >= 0.3 is 0 Å². The first-order chi connectivity index (χ1) is 9.04. The van der Waals surface area contributed by atoms with Crippen molar-refractivity contribution >= 4 is 27.5 Å². The number of rotatable bonds is 3. The highest BCUT2D eigenvalue weighted by atomic mass is 79.9. The van der Waals surface area contributed by atoms with Gasteiger partial charge in [-0.1, -0.05) is 15.9 Å². The summed E-state index contributed by atoms with van der Waals surface area (Å²) in [5.41, 5.74) is 1.95. The number of aryl methyl sites for hydroxylation is 1. The molecule has 1 atom stereocenters. The summed E-state index contributed by atoms with van der Waals surface area (Å²) in [7, 11) is 0. The Balaban J connectivity index is 1.88. The van der Waals surface area contributed by atoms with E-state index in [-0.39, 0.29) is 12.0 Å². The van der Waals surface area contributed by atoms with Crippen LogP contribution in [0.3, 0.4) is 0 Å². The lowest BCUT2D eigenvalue weighted by molar-refractivity contribution is -0.119. The predicted octanol–water partition coefficient (Wildman–Crippen LogP) is 2.42. The SMILES string of the molecule is Cc1cc(NC(=O)CN2CCOC(C)C2)ccc1Br. The zero-order valence-corrected chi connectivity index (χ0v) is 12.9. The maximum atomic E-state index is 12.0. The van der Waals surface area contributed by atoms with Crippen LogP contribution in [0.4, 0.5) is 5.69 Å². The highest BCUT2D eigenvalue weighted by molar-refractivity contribution is 9.10. The minimum absolute atomic E-state index is 0.0239.